The van der Waals surface area contributed by atoms with Crippen LogP contribution in [0.4, 0.5) is 0 Å². The van der Waals surface area contributed by atoms with Crippen LogP contribution in [0.3, 0.4) is 0 Å². The van der Waals surface area contributed by atoms with Gasteiger partial charge in [0.15, 0.2) is 5.78 Å². The van der Waals surface area contributed by atoms with Crippen molar-refractivity contribution < 1.29 is 4.79 Å². The number of hydrogen-bond donors (Lipinski definition) is 0. The van der Waals surface area contributed by atoms with Crippen LogP contribution < -0.4 is 0 Å². The van der Waals surface area contributed by atoms with Gasteiger partial charge in [-0.15, -0.1) is 6.58 Å². The summed E-state index contributed by atoms with van der Waals surface area (Å²) in [4.78, 5) is 10.4. The molecule has 0 aliphatic heterocycles. The molecule has 0 saturated heterocycles. The van der Waals surface area contributed by atoms with Crippen molar-refractivity contribution in [3.8, 4) is 0 Å². The van der Waals surface area contributed by atoms with E-state index in [-0.39, 0.29) is 5.78 Å². The highest BCUT2D eigenvalue weighted by Crippen LogP contribution is 1.89. The highest BCUT2D eigenvalue weighted by molar-refractivity contribution is 5.87. The summed E-state index contributed by atoms with van der Waals surface area (Å²) >= 11 is 0. The first-order valence-electron chi connectivity index (χ1n) is 3.70. The van der Waals surface area contributed by atoms with Gasteiger partial charge < -0.3 is 0 Å². The number of allylic oxidation sites excluding steroid dienone is 5. The quantitative estimate of drug-likeness (QED) is 0.435. The molecule has 0 unspecified atom stereocenters. The molecule has 1 nitrogen and oxygen atoms in total. The Morgan fingerprint density at radius 2 is 1.91 bits per heavy atom. The van der Waals surface area contributed by atoms with Crippen LogP contribution in [0.25, 0.3) is 0 Å². The SMILES string of the molecule is C=CCC=CCC=CC(C)=O. The van der Waals surface area contributed by atoms with Crippen molar-refractivity contribution in [3.63, 3.8) is 0 Å². The molecule has 0 bridgehead atoms. The molecule has 0 aromatic heterocycles. The van der Waals surface area contributed by atoms with E-state index in [2.05, 4.69) is 6.58 Å². The maximum absolute atomic E-state index is 10.4. The molecule has 11 heavy (non-hydrogen) atoms. The third kappa shape index (κ3) is 8.89. The highest BCUT2D eigenvalue weighted by Gasteiger charge is 1.78. The van der Waals surface area contributed by atoms with Crippen LogP contribution in [-0.2, 0) is 4.79 Å². The molecule has 0 atom stereocenters. The van der Waals surface area contributed by atoms with Crippen LogP contribution >= 0.6 is 0 Å². The van der Waals surface area contributed by atoms with E-state index in [1.165, 1.54) is 0 Å². The first-order chi connectivity index (χ1) is 5.27. The van der Waals surface area contributed by atoms with Gasteiger partial charge in [-0.3, -0.25) is 4.79 Å². The maximum atomic E-state index is 10.4. The molecule has 0 aliphatic carbocycles. The molecule has 0 fully saturated rings. The van der Waals surface area contributed by atoms with E-state index in [4.69, 9.17) is 0 Å². The number of carbonyl (C=O) groups is 1. The molecule has 0 aliphatic rings. The molecule has 0 aromatic rings. The summed E-state index contributed by atoms with van der Waals surface area (Å²) in [7, 11) is 0. The van der Waals surface area contributed by atoms with Crippen LogP contribution in [0.5, 0.6) is 0 Å². The first kappa shape index (κ1) is 9.89. The Kier molecular flexibility index (Phi) is 6.30. The molecule has 0 radical (unpaired) electrons. The van der Waals surface area contributed by atoms with Crippen LogP contribution in [0, 0.1) is 0 Å². The molecule has 0 N–H and O–H groups in total. The molecule has 0 aromatic carbocycles. The molecular weight excluding hydrogens is 136 g/mol. The van der Waals surface area contributed by atoms with E-state index in [1.54, 1.807) is 13.0 Å². The molecule has 1 heteroatoms. The van der Waals surface area contributed by atoms with Gasteiger partial charge in [0.25, 0.3) is 0 Å². The van der Waals surface area contributed by atoms with E-state index < -0.39 is 0 Å². The van der Waals surface area contributed by atoms with Crippen LogP contribution in [0.1, 0.15) is 19.8 Å². The van der Waals surface area contributed by atoms with Gasteiger partial charge in [-0.1, -0.05) is 24.3 Å². The van der Waals surface area contributed by atoms with Gasteiger partial charge in [0.2, 0.25) is 0 Å². The Hall–Kier alpha value is -1.11. The zero-order chi connectivity index (χ0) is 8.53. The van der Waals surface area contributed by atoms with E-state index in [9.17, 15) is 4.79 Å². The topological polar surface area (TPSA) is 17.1 Å². The standard InChI is InChI=1S/C10H14O/c1-3-4-5-6-7-8-9-10(2)11/h3,5-6,8-9H,1,4,7H2,2H3. The lowest BCUT2D eigenvalue weighted by molar-refractivity contribution is -0.112. The van der Waals surface area contributed by atoms with Crippen molar-refractivity contribution >= 4 is 5.78 Å². The second kappa shape index (κ2) is 7.00. The zero-order valence-electron chi connectivity index (χ0n) is 6.92. The summed E-state index contributed by atoms with van der Waals surface area (Å²) < 4.78 is 0. The summed E-state index contributed by atoms with van der Waals surface area (Å²) in [6, 6.07) is 0. The minimum absolute atomic E-state index is 0.0992. The van der Waals surface area contributed by atoms with Gasteiger partial charge >= 0.3 is 0 Å². The van der Waals surface area contributed by atoms with Gasteiger partial charge in [0, 0.05) is 0 Å². The van der Waals surface area contributed by atoms with Crippen LogP contribution in [-0.4, -0.2) is 5.78 Å². The Bertz CT molecular complexity index is 175. The smallest absolute Gasteiger partial charge is 0.152 e. The third-order valence-electron chi connectivity index (χ3n) is 1.09. The molecule has 0 heterocycles. The average Bonchev–Trinajstić information content (AvgIpc) is 1.96. The van der Waals surface area contributed by atoms with Crippen molar-refractivity contribution in [2.45, 2.75) is 19.8 Å². The maximum Gasteiger partial charge on any atom is 0.152 e. The minimum Gasteiger partial charge on any atom is -0.295 e. The normalized spacial score (nSPS) is 11.0. The van der Waals surface area contributed by atoms with E-state index in [0.29, 0.717) is 0 Å². The summed E-state index contributed by atoms with van der Waals surface area (Å²) in [5, 5.41) is 0. The largest absolute Gasteiger partial charge is 0.295 e. The van der Waals surface area contributed by atoms with Crippen LogP contribution in [0.2, 0.25) is 0 Å². The lowest BCUT2D eigenvalue weighted by Crippen LogP contribution is -1.78. The number of hydrogen-bond acceptors (Lipinski definition) is 1. The van der Waals surface area contributed by atoms with Crippen LogP contribution in [0.15, 0.2) is 37.0 Å². The molecule has 0 saturated carbocycles. The lowest BCUT2D eigenvalue weighted by Gasteiger charge is -1.80. The fourth-order valence-electron chi connectivity index (χ4n) is 0.601. The summed E-state index contributed by atoms with van der Waals surface area (Å²) in [5.41, 5.74) is 0. The molecule has 0 rings (SSSR count). The molecule has 60 valence electrons. The Balaban J connectivity index is 3.40. The van der Waals surface area contributed by atoms with Gasteiger partial charge in [-0.25, -0.2) is 0 Å². The van der Waals surface area contributed by atoms with E-state index in [0.717, 1.165) is 12.8 Å². The second-order valence-corrected chi connectivity index (χ2v) is 2.24. The number of rotatable bonds is 5. The number of carbonyl (C=O) groups excluding carboxylic acids is 1. The van der Waals surface area contributed by atoms with Crippen molar-refractivity contribution in [2.75, 3.05) is 0 Å². The minimum atomic E-state index is 0.0992. The molecule has 0 spiro atoms. The second-order valence-electron chi connectivity index (χ2n) is 2.24. The third-order valence-corrected chi connectivity index (χ3v) is 1.09. The van der Waals surface area contributed by atoms with Crippen molar-refractivity contribution in [1.82, 2.24) is 0 Å². The zero-order valence-corrected chi connectivity index (χ0v) is 6.92. The average molecular weight is 150 g/mol. The Morgan fingerprint density at radius 3 is 2.45 bits per heavy atom. The first-order valence-corrected chi connectivity index (χ1v) is 3.70. The summed E-state index contributed by atoms with van der Waals surface area (Å²) in [6.45, 7) is 5.13. The monoisotopic (exact) mass is 150 g/mol. The fourth-order valence-corrected chi connectivity index (χ4v) is 0.601. The Morgan fingerprint density at radius 1 is 1.27 bits per heavy atom. The Labute approximate surface area is 68.1 Å². The summed E-state index contributed by atoms with van der Waals surface area (Å²) in [5.74, 6) is 0.0992. The van der Waals surface area contributed by atoms with Crippen molar-refractivity contribution in [3.05, 3.63) is 37.0 Å². The lowest BCUT2D eigenvalue weighted by atomic mass is 10.3. The molecule has 0 amide bonds. The highest BCUT2D eigenvalue weighted by atomic mass is 16.1. The van der Waals surface area contributed by atoms with Gasteiger partial charge in [-0.05, 0) is 25.8 Å². The van der Waals surface area contributed by atoms with Crippen molar-refractivity contribution in [1.29, 1.82) is 0 Å². The van der Waals surface area contributed by atoms with E-state index >= 15 is 0 Å². The molecular formula is C10H14O. The van der Waals surface area contributed by atoms with Crippen molar-refractivity contribution in [2.24, 2.45) is 0 Å². The number of ketones is 1. The van der Waals surface area contributed by atoms with E-state index in [1.807, 2.05) is 24.3 Å². The van der Waals surface area contributed by atoms with Gasteiger partial charge in [0.05, 0.1) is 0 Å². The van der Waals surface area contributed by atoms with Gasteiger partial charge in [0.1, 0.15) is 0 Å². The fraction of sp³-hybridized carbons (Fsp3) is 0.300. The predicted octanol–water partition coefficient (Wildman–Crippen LogP) is 2.65. The summed E-state index contributed by atoms with van der Waals surface area (Å²) in [6.07, 6.45) is 11.0. The van der Waals surface area contributed by atoms with Gasteiger partial charge in [-0.2, -0.15) is 0 Å². The predicted molar refractivity (Wildman–Crippen MR) is 48.4 cm³/mol.